The molecule has 0 saturated carbocycles. The Bertz CT molecular complexity index is 266. The zero-order chi connectivity index (χ0) is 12.2. The third-order valence-corrected chi connectivity index (χ3v) is 3.03. The topological polar surface area (TPSA) is 70.2 Å². The molecule has 5 nitrogen and oxygen atoms in total. The summed E-state index contributed by atoms with van der Waals surface area (Å²) in [6, 6.07) is -0.301. The van der Waals surface area contributed by atoms with Crippen LogP contribution in [0.3, 0.4) is 0 Å². The standard InChI is InChI=1S/C11H21N3O2/c1-4-11(2,3)7-14-10(16)8-5-13-9(15)6-12-8/h8,12H,4-7H2,1-3H3,(H,13,15)(H,14,16). The van der Waals surface area contributed by atoms with E-state index in [2.05, 4.69) is 36.7 Å². The van der Waals surface area contributed by atoms with Crippen LogP contribution in [-0.4, -0.2) is 37.5 Å². The van der Waals surface area contributed by atoms with Gasteiger partial charge in [0.2, 0.25) is 11.8 Å². The number of carbonyl (C=O) groups is 2. The summed E-state index contributed by atoms with van der Waals surface area (Å²) in [4.78, 5) is 22.6. The quantitative estimate of drug-likeness (QED) is 0.613. The monoisotopic (exact) mass is 227 g/mol. The second kappa shape index (κ2) is 5.30. The molecule has 0 spiro atoms. The molecule has 1 rings (SSSR count). The second-order valence-electron chi connectivity index (χ2n) is 4.97. The molecule has 2 amide bonds. The highest BCUT2D eigenvalue weighted by molar-refractivity contribution is 5.86. The molecule has 1 saturated heterocycles. The minimum atomic E-state index is -0.301. The van der Waals surface area contributed by atoms with Gasteiger partial charge in [0.05, 0.1) is 6.54 Å². The van der Waals surface area contributed by atoms with Crippen molar-refractivity contribution in [1.29, 1.82) is 0 Å². The number of rotatable bonds is 4. The average molecular weight is 227 g/mol. The Kier molecular flexibility index (Phi) is 4.29. The lowest BCUT2D eigenvalue weighted by molar-refractivity contribution is -0.126. The largest absolute Gasteiger partial charge is 0.354 e. The van der Waals surface area contributed by atoms with Gasteiger partial charge in [0.25, 0.3) is 0 Å². The minimum Gasteiger partial charge on any atom is -0.354 e. The van der Waals surface area contributed by atoms with Crippen molar-refractivity contribution in [2.24, 2.45) is 5.41 Å². The molecule has 3 N–H and O–H groups in total. The summed E-state index contributed by atoms with van der Waals surface area (Å²) in [6.07, 6.45) is 1.02. The first-order valence-electron chi connectivity index (χ1n) is 5.72. The molecular formula is C11H21N3O2. The molecule has 1 aliphatic heterocycles. The van der Waals surface area contributed by atoms with E-state index in [0.717, 1.165) is 6.42 Å². The van der Waals surface area contributed by atoms with E-state index < -0.39 is 0 Å². The highest BCUT2D eigenvalue weighted by Gasteiger charge is 2.25. The maximum atomic E-state index is 11.7. The van der Waals surface area contributed by atoms with Gasteiger partial charge in [-0.05, 0) is 11.8 Å². The fourth-order valence-corrected chi connectivity index (χ4v) is 1.33. The van der Waals surface area contributed by atoms with Crippen LogP contribution in [0.15, 0.2) is 0 Å². The number of carbonyl (C=O) groups excluding carboxylic acids is 2. The Morgan fingerprint density at radius 1 is 1.56 bits per heavy atom. The smallest absolute Gasteiger partial charge is 0.238 e. The van der Waals surface area contributed by atoms with E-state index in [0.29, 0.717) is 13.1 Å². The van der Waals surface area contributed by atoms with Crippen LogP contribution in [0.1, 0.15) is 27.2 Å². The van der Waals surface area contributed by atoms with Crippen LogP contribution in [0.2, 0.25) is 0 Å². The summed E-state index contributed by atoms with van der Waals surface area (Å²) in [6.45, 7) is 7.58. The van der Waals surface area contributed by atoms with Gasteiger partial charge in [-0.2, -0.15) is 0 Å². The summed E-state index contributed by atoms with van der Waals surface area (Å²) in [5.74, 6) is -0.0977. The summed E-state index contributed by atoms with van der Waals surface area (Å²) < 4.78 is 0. The SMILES string of the molecule is CCC(C)(C)CNC(=O)C1CNC(=O)CN1. The van der Waals surface area contributed by atoms with E-state index in [9.17, 15) is 9.59 Å². The predicted octanol–water partition coefficient (Wildman–Crippen LogP) is -0.373. The number of hydrogen-bond acceptors (Lipinski definition) is 3. The number of piperazine rings is 1. The van der Waals surface area contributed by atoms with Crippen molar-refractivity contribution in [3.05, 3.63) is 0 Å². The predicted molar refractivity (Wildman–Crippen MR) is 61.9 cm³/mol. The van der Waals surface area contributed by atoms with Gasteiger partial charge >= 0.3 is 0 Å². The minimum absolute atomic E-state index is 0.0403. The average Bonchev–Trinajstić information content (AvgIpc) is 2.27. The van der Waals surface area contributed by atoms with Gasteiger partial charge in [0.1, 0.15) is 6.04 Å². The molecule has 0 radical (unpaired) electrons. The highest BCUT2D eigenvalue weighted by atomic mass is 16.2. The highest BCUT2D eigenvalue weighted by Crippen LogP contribution is 2.17. The molecule has 92 valence electrons. The van der Waals surface area contributed by atoms with E-state index in [4.69, 9.17) is 0 Å². The zero-order valence-corrected chi connectivity index (χ0v) is 10.2. The van der Waals surface area contributed by atoms with E-state index in [1.165, 1.54) is 0 Å². The molecule has 0 aromatic heterocycles. The number of hydrogen-bond donors (Lipinski definition) is 3. The molecule has 1 aliphatic rings. The molecule has 1 heterocycles. The van der Waals surface area contributed by atoms with Gasteiger partial charge in [-0.3, -0.25) is 14.9 Å². The number of amides is 2. The fraction of sp³-hybridized carbons (Fsp3) is 0.818. The molecule has 5 heteroatoms. The normalized spacial score (nSPS) is 21.4. The van der Waals surface area contributed by atoms with Crippen molar-refractivity contribution < 1.29 is 9.59 Å². The van der Waals surface area contributed by atoms with Gasteiger partial charge in [-0.1, -0.05) is 20.8 Å². The van der Waals surface area contributed by atoms with Crippen molar-refractivity contribution in [2.45, 2.75) is 33.2 Å². The van der Waals surface area contributed by atoms with Crippen LogP contribution < -0.4 is 16.0 Å². The molecule has 0 aromatic rings. The first-order valence-corrected chi connectivity index (χ1v) is 5.72. The summed E-state index contributed by atoms with van der Waals surface area (Å²) in [7, 11) is 0. The molecule has 0 bridgehead atoms. The van der Waals surface area contributed by atoms with Crippen molar-refractivity contribution in [3.63, 3.8) is 0 Å². The zero-order valence-electron chi connectivity index (χ0n) is 10.2. The summed E-state index contributed by atoms with van der Waals surface area (Å²) in [5.41, 5.74) is 0.119. The Hall–Kier alpha value is -1.10. The van der Waals surface area contributed by atoms with Crippen molar-refractivity contribution in [2.75, 3.05) is 19.6 Å². The van der Waals surface area contributed by atoms with E-state index in [1.807, 2.05) is 0 Å². The molecule has 0 aliphatic carbocycles. The van der Waals surface area contributed by atoms with E-state index >= 15 is 0 Å². The van der Waals surface area contributed by atoms with Crippen LogP contribution in [-0.2, 0) is 9.59 Å². The molecule has 1 atom stereocenters. The van der Waals surface area contributed by atoms with Gasteiger partial charge in [-0.15, -0.1) is 0 Å². The maximum Gasteiger partial charge on any atom is 0.238 e. The lowest BCUT2D eigenvalue weighted by atomic mass is 9.90. The first-order chi connectivity index (χ1) is 7.44. The Morgan fingerprint density at radius 2 is 2.25 bits per heavy atom. The first kappa shape index (κ1) is 13.0. The van der Waals surface area contributed by atoms with Gasteiger partial charge in [-0.25, -0.2) is 0 Å². The third kappa shape index (κ3) is 3.81. The van der Waals surface area contributed by atoms with Crippen molar-refractivity contribution in [1.82, 2.24) is 16.0 Å². The van der Waals surface area contributed by atoms with Gasteiger partial charge in [0.15, 0.2) is 0 Å². The Labute approximate surface area is 96.4 Å². The molecule has 16 heavy (non-hydrogen) atoms. The summed E-state index contributed by atoms with van der Waals surface area (Å²) >= 11 is 0. The van der Waals surface area contributed by atoms with Crippen molar-refractivity contribution in [3.8, 4) is 0 Å². The van der Waals surface area contributed by atoms with Crippen LogP contribution in [0, 0.1) is 5.41 Å². The summed E-state index contributed by atoms with van der Waals surface area (Å²) in [5, 5.41) is 8.47. The van der Waals surface area contributed by atoms with Crippen LogP contribution in [0.4, 0.5) is 0 Å². The van der Waals surface area contributed by atoms with Gasteiger partial charge in [0, 0.05) is 13.1 Å². The Morgan fingerprint density at radius 3 is 2.75 bits per heavy atom. The molecule has 0 aromatic carbocycles. The lowest BCUT2D eigenvalue weighted by Gasteiger charge is -2.27. The second-order valence-corrected chi connectivity index (χ2v) is 4.97. The fourth-order valence-electron chi connectivity index (χ4n) is 1.33. The van der Waals surface area contributed by atoms with Crippen molar-refractivity contribution >= 4 is 11.8 Å². The van der Waals surface area contributed by atoms with E-state index in [-0.39, 0.29) is 29.8 Å². The molecule has 1 fully saturated rings. The van der Waals surface area contributed by atoms with Gasteiger partial charge < -0.3 is 10.6 Å². The molecule has 1 unspecified atom stereocenters. The molecular weight excluding hydrogens is 206 g/mol. The van der Waals surface area contributed by atoms with Crippen LogP contribution >= 0.6 is 0 Å². The lowest BCUT2D eigenvalue weighted by Crippen LogP contribution is -2.58. The third-order valence-electron chi connectivity index (χ3n) is 3.03. The number of nitrogens with one attached hydrogen (secondary N) is 3. The maximum absolute atomic E-state index is 11.7. The van der Waals surface area contributed by atoms with Crippen LogP contribution in [0.5, 0.6) is 0 Å². The Balaban J connectivity index is 2.33. The van der Waals surface area contributed by atoms with E-state index in [1.54, 1.807) is 0 Å². The van der Waals surface area contributed by atoms with Crippen LogP contribution in [0.25, 0.3) is 0 Å².